The first-order chi connectivity index (χ1) is 3.93. The lowest BCUT2D eigenvalue weighted by atomic mass is 10.3. The number of nitrogens with zero attached hydrogens (tertiary/aromatic N) is 1. The molecule has 0 aromatic carbocycles. The second kappa shape index (κ2) is 2.58. The summed E-state index contributed by atoms with van der Waals surface area (Å²) in [5, 5.41) is 10.3. The topological polar surface area (TPSA) is 23.8 Å². The minimum absolute atomic E-state index is 0.781. The third-order valence-corrected chi connectivity index (χ3v) is 1.56. The van der Waals surface area contributed by atoms with Gasteiger partial charge in [0.05, 0.1) is 6.07 Å². The van der Waals surface area contributed by atoms with E-state index >= 15 is 0 Å². The fraction of sp³-hybridized carbons (Fsp3) is 0.167. The molecule has 1 aliphatic rings. The standard InChI is InChI=1S/C6H5NS/c7-5-6-1-3-8-4-2-6/h1-3H,4H2. The molecule has 1 heterocycles. The number of hydrogen-bond donors (Lipinski definition) is 0. The summed E-state index contributed by atoms with van der Waals surface area (Å²) in [4.78, 5) is 0. The molecular weight excluding hydrogens is 118 g/mol. The molecule has 0 unspecified atom stereocenters. The molecule has 0 N–H and O–H groups in total. The molecule has 40 valence electrons. The normalized spacial score (nSPS) is 17.1. The molecule has 0 amide bonds. The van der Waals surface area contributed by atoms with Crippen LogP contribution in [0.4, 0.5) is 0 Å². The molecular formula is C6H5NS. The van der Waals surface area contributed by atoms with E-state index < -0.39 is 0 Å². The van der Waals surface area contributed by atoms with Crippen molar-refractivity contribution in [3.63, 3.8) is 0 Å². The molecule has 0 saturated heterocycles. The molecule has 0 aromatic rings. The van der Waals surface area contributed by atoms with Crippen molar-refractivity contribution >= 4 is 11.8 Å². The van der Waals surface area contributed by atoms with Crippen LogP contribution in [0.3, 0.4) is 0 Å². The SMILES string of the molecule is N#CC1=CCSC=C1. The van der Waals surface area contributed by atoms with Gasteiger partial charge in [0.15, 0.2) is 0 Å². The number of hydrogen-bond acceptors (Lipinski definition) is 2. The summed E-state index contributed by atoms with van der Waals surface area (Å²) in [6.07, 6.45) is 3.75. The summed E-state index contributed by atoms with van der Waals surface area (Å²) >= 11 is 1.71. The van der Waals surface area contributed by atoms with Gasteiger partial charge in [-0.3, -0.25) is 0 Å². The highest BCUT2D eigenvalue weighted by atomic mass is 32.2. The van der Waals surface area contributed by atoms with Gasteiger partial charge in [-0.05, 0) is 11.5 Å². The highest BCUT2D eigenvalue weighted by Gasteiger charge is 1.91. The zero-order valence-electron chi connectivity index (χ0n) is 4.29. The van der Waals surface area contributed by atoms with Crippen molar-refractivity contribution in [2.24, 2.45) is 0 Å². The summed E-state index contributed by atoms with van der Waals surface area (Å²) < 4.78 is 0. The number of rotatable bonds is 0. The van der Waals surface area contributed by atoms with Gasteiger partial charge in [-0.25, -0.2) is 0 Å². The van der Waals surface area contributed by atoms with Crippen LogP contribution in [0.1, 0.15) is 0 Å². The lowest BCUT2D eigenvalue weighted by Gasteiger charge is -1.94. The predicted molar refractivity (Wildman–Crippen MR) is 35.3 cm³/mol. The summed E-state index contributed by atoms with van der Waals surface area (Å²) in [5.74, 6) is 0.944. The van der Waals surface area contributed by atoms with Crippen LogP contribution in [0.2, 0.25) is 0 Å². The van der Waals surface area contributed by atoms with E-state index in [0.717, 1.165) is 11.3 Å². The van der Waals surface area contributed by atoms with E-state index in [0.29, 0.717) is 0 Å². The van der Waals surface area contributed by atoms with Crippen LogP contribution >= 0.6 is 11.8 Å². The predicted octanol–water partition coefficient (Wildman–Crippen LogP) is 1.70. The van der Waals surface area contributed by atoms with Crippen LogP contribution in [0.25, 0.3) is 0 Å². The highest BCUT2D eigenvalue weighted by molar-refractivity contribution is 8.02. The van der Waals surface area contributed by atoms with Crippen LogP contribution in [0.5, 0.6) is 0 Å². The fourth-order valence-corrected chi connectivity index (χ4v) is 1.10. The van der Waals surface area contributed by atoms with Crippen molar-refractivity contribution in [2.75, 3.05) is 5.75 Å². The van der Waals surface area contributed by atoms with Crippen molar-refractivity contribution in [3.8, 4) is 6.07 Å². The summed E-state index contributed by atoms with van der Waals surface area (Å²) in [7, 11) is 0. The van der Waals surface area contributed by atoms with E-state index in [1.54, 1.807) is 11.8 Å². The molecule has 1 rings (SSSR count). The summed E-state index contributed by atoms with van der Waals surface area (Å²) in [5.41, 5.74) is 0.781. The Kier molecular flexibility index (Phi) is 1.76. The number of allylic oxidation sites excluding steroid dienone is 2. The highest BCUT2D eigenvalue weighted by Crippen LogP contribution is 2.12. The van der Waals surface area contributed by atoms with E-state index in [-0.39, 0.29) is 0 Å². The first kappa shape index (κ1) is 5.46. The monoisotopic (exact) mass is 123 g/mol. The largest absolute Gasteiger partial charge is 0.192 e. The molecule has 1 aliphatic heterocycles. The molecule has 0 atom stereocenters. The Hall–Kier alpha value is -0.680. The lowest BCUT2D eigenvalue weighted by Crippen LogP contribution is -1.79. The van der Waals surface area contributed by atoms with Crippen LogP contribution in [0.15, 0.2) is 23.1 Å². The van der Waals surface area contributed by atoms with Crippen molar-refractivity contribution in [2.45, 2.75) is 0 Å². The van der Waals surface area contributed by atoms with Crippen LogP contribution in [-0.2, 0) is 0 Å². The van der Waals surface area contributed by atoms with Gasteiger partial charge in [-0.15, -0.1) is 11.8 Å². The molecule has 0 aliphatic carbocycles. The van der Waals surface area contributed by atoms with Crippen LogP contribution in [-0.4, -0.2) is 5.75 Å². The minimum atomic E-state index is 0.781. The van der Waals surface area contributed by atoms with Crippen LogP contribution in [0, 0.1) is 11.3 Å². The zero-order chi connectivity index (χ0) is 5.82. The third kappa shape index (κ3) is 1.14. The van der Waals surface area contributed by atoms with E-state index in [9.17, 15) is 0 Å². The number of nitriles is 1. The quantitative estimate of drug-likeness (QED) is 0.489. The molecule has 0 radical (unpaired) electrons. The molecule has 0 saturated carbocycles. The lowest BCUT2D eigenvalue weighted by molar-refractivity contribution is 1.48. The summed E-state index contributed by atoms with van der Waals surface area (Å²) in [6.45, 7) is 0. The Morgan fingerprint density at radius 3 is 3.00 bits per heavy atom. The molecule has 0 spiro atoms. The zero-order valence-corrected chi connectivity index (χ0v) is 5.11. The second-order valence-corrected chi connectivity index (χ2v) is 2.35. The Bertz CT molecular complexity index is 173. The fourth-order valence-electron chi connectivity index (χ4n) is 0.466. The molecule has 0 fully saturated rings. The van der Waals surface area contributed by atoms with Gasteiger partial charge in [0, 0.05) is 11.3 Å². The Morgan fingerprint density at radius 1 is 1.75 bits per heavy atom. The van der Waals surface area contributed by atoms with Gasteiger partial charge < -0.3 is 0 Å². The van der Waals surface area contributed by atoms with Gasteiger partial charge in [-0.1, -0.05) is 6.08 Å². The van der Waals surface area contributed by atoms with Crippen molar-refractivity contribution in [1.29, 1.82) is 5.26 Å². The maximum atomic E-state index is 8.31. The Balaban J connectivity index is 2.68. The number of thioether (sulfide) groups is 1. The van der Waals surface area contributed by atoms with E-state index in [1.165, 1.54) is 0 Å². The molecule has 2 heteroatoms. The average Bonchev–Trinajstić information content (AvgIpc) is 1.90. The van der Waals surface area contributed by atoms with Gasteiger partial charge in [0.2, 0.25) is 0 Å². The maximum absolute atomic E-state index is 8.31. The van der Waals surface area contributed by atoms with Gasteiger partial charge >= 0.3 is 0 Å². The smallest absolute Gasteiger partial charge is 0.0988 e. The second-order valence-electron chi connectivity index (χ2n) is 1.41. The van der Waals surface area contributed by atoms with Gasteiger partial charge in [-0.2, -0.15) is 5.26 Å². The van der Waals surface area contributed by atoms with Crippen molar-refractivity contribution in [3.05, 3.63) is 23.1 Å². The van der Waals surface area contributed by atoms with E-state index in [1.807, 2.05) is 17.6 Å². The van der Waals surface area contributed by atoms with E-state index in [4.69, 9.17) is 5.26 Å². The summed E-state index contributed by atoms with van der Waals surface area (Å²) in [6, 6.07) is 2.06. The van der Waals surface area contributed by atoms with Gasteiger partial charge in [0.1, 0.15) is 0 Å². The van der Waals surface area contributed by atoms with Gasteiger partial charge in [0.25, 0.3) is 0 Å². The third-order valence-electron chi connectivity index (χ3n) is 0.872. The first-order valence-electron chi connectivity index (χ1n) is 2.32. The molecule has 8 heavy (non-hydrogen) atoms. The van der Waals surface area contributed by atoms with Crippen molar-refractivity contribution in [1.82, 2.24) is 0 Å². The van der Waals surface area contributed by atoms with Crippen molar-refractivity contribution < 1.29 is 0 Å². The first-order valence-corrected chi connectivity index (χ1v) is 3.37. The van der Waals surface area contributed by atoms with Crippen LogP contribution < -0.4 is 0 Å². The Labute approximate surface area is 52.7 Å². The average molecular weight is 123 g/mol. The molecule has 0 aromatic heterocycles. The molecule has 1 nitrogen and oxygen atoms in total. The minimum Gasteiger partial charge on any atom is -0.192 e. The van der Waals surface area contributed by atoms with E-state index in [2.05, 4.69) is 6.07 Å². The molecule has 0 bridgehead atoms. The Morgan fingerprint density at radius 2 is 2.62 bits per heavy atom. The maximum Gasteiger partial charge on any atom is 0.0988 e.